The second-order valence-corrected chi connectivity index (χ2v) is 3.27. The van der Waals surface area contributed by atoms with E-state index in [-0.39, 0.29) is 17.0 Å². The van der Waals surface area contributed by atoms with Crippen molar-refractivity contribution in [2.24, 2.45) is 5.73 Å². The molecule has 0 aliphatic carbocycles. The molecule has 0 aliphatic heterocycles. The van der Waals surface area contributed by atoms with E-state index in [0.717, 1.165) is 6.54 Å². The number of nitrogens with two attached hydrogens (primary N) is 1. The zero-order valence-electron chi connectivity index (χ0n) is 8.38. The van der Waals surface area contributed by atoms with Crippen LogP contribution in [0, 0.1) is 0 Å². The molecule has 0 unspecified atom stereocenters. The fourth-order valence-electron chi connectivity index (χ4n) is 1.43. The van der Waals surface area contributed by atoms with E-state index in [0.29, 0.717) is 6.67 Å². The summed E-state index contributed by atoms with van der Waals surface area (Å²) in [5.41, 5.74) is 6.80. The van der Waals surface area contributed by atoms with Gasteiger partial charge < -0.3 is 17.0 Å². The fraction of sp³-hybridized carbons (Fsp3) is 0.182. The number of rotatable bonds is 3. The molecule has 0 bridgehead atoms. The Balaban J connectivity index is 0.00000112. The Hall–Kier alpha value is -1.13. The van der Waals surface area contributed by atoms with Crippen LogP contribution in [0.5, 0.6) is 0 Å². The van der Waals surface area contributed by atoms with E-state index in [1.165, 1.54) is 5.56 Å². The quantitative estimate of drug-likeness (QED) is 0.627. The predicted molar refractivity (Wildman–Crippen MR) is 54.4 cm³/mol. The molecule has 0 atom stereocenters. The SMILES string of the molecule is NCn1cc[n+](Cc2ccccc2)c1.[Br-]. The molecule has 1 heterocycles. The standard InChI is InChI=1S/C11H14N3.BrH/c12-9-14-7-6-13(10-14)8-11-4-2-1-3-5-11;/h1-7,10H,8-9,12H2;1H/q+1;/p-1. The first kappa shape index (κ1) is 11.9. The van der Waals surface area contributed by atoms with Crippen LogP contribution in [0.15, 0.2) is 49.1 Å². The molecule has 0 saturated heterocycles. The van der Waals surface area contributed by atoms with Crippen LogP contribution >= 0.6 is 0 Å². The second-order valence-electron chi connectivity index (χ2n) is 3.27. The average molecular weight is 268 g/mol. The van der Waals surface area contributed by atoms with Crippen LogP contribution in [-0.2, 0) is 13.2 Å². The zero-order chi connectivity index (χ0) is 9.80. The van der Waals surface area contributed by atoms with Gasteiger partial charge in [0.1, 0.15) is 25.6 Å². The summed E-state index contributed by atoms with van der Waals surface area (Å²) in [5, 5.41) is 0. The van der Waals surface area contributed by atoms with E-state index in [1.54, 1.807) is 0 Å². The van der Waals surface area contributed by atoms with Gasteiger partial charge in [-0.2, -0.15) is 0 Å². The third-order valence-electron chi connectivity index (χ3n) is 2.17. The Labute approximate surface area is 99.9 Å². The van der Waals surface area contributed by atoms with Gasteiger partial charge in [-0.25, -0.2) is 9.13 Å². The van der Waals surface area contributed by atoms with Crippen molar-refractivity contribution in [2.45, 2.75) is 13.2 Å². The Morgan fingerprint density at radius 2 is 1.93 bits per heavy atom. The summed E-state index contributed by atoms with van der Waals surface area (Å²) in [6, 6.07) is 10.4. The highest BCUT2D eigenvalue weighted by Crippen LogP contribution is 1.97. The highest BCUT2D eigenvalue weighted by Gasteiger charge is 2.01. The lowest BCUT2D eigenvalue weighted by atomic mass is 10.2. The van der Waals surface area contributed by atoms with E-state index < -0.39 is 0 Å². The van der Waals surface area contributed by atoms with Crippen molar-refractivity contribution in [2.75, 3.05) is 0 Å². The van der Waals surface area contributed by atoms with Crippen molar-refractivity contribution in [3.63, 3.8) is 0 Å². The van der Waals surface area contributed by atoms with Crippen molar-refractivity contribution in [3.8, 4) is 0 Å². The summed E-state index contributed by atoms with van der Waals surface area (Å²) in [6.45, 7) is 1.43. The average Bonchev–Trinajstić information content (AvgIpc) is 2.67. The lowest BCUT2D eigenvalue weighted by Gasteiger charge is -1.95. The highest BCUT2D eigenvalue weighted by molar-refractivity contribution is 5.13. The Morgan fingerprint density at radius 1 is 1.20 bits per heavy atom. The van der Waals surface area contributed by atoms with Gasteiger partial charge in [0.05, 0.1) is 0 Å². The number of benzene rings is 1. The lowest BCUT2D eigenvalue weighted by molar-refractivity contribution is -0.687. The van der Waals surface area contributed by atoms with E-state index in [9.17, 15) is 0 Å². The van der Waals surface area contributed by atoms with Gasteiger partial charge in [0.15, 0.2) is 0 Å². The second kappa shape index (κ2) is 5.68. The van der Waals surface area contributed by atoms with Crippen molar-refractivity contribution in [1.82, 2.24) is 4.57 Å². The molecule has 0 fully saturated rings. The van der Waals surface area contributed by atoms with Crippen LogP contribution in [-0.4, -0.2) is 4.57 Å². The number of halogens is 1. The van der Waals surface area contributed by atoms with Crippen LogP contribution in [0.25, 0.3) is 0 Å². The Kier molecular flexibility index (Phi) is 4.52. The maximum Gasteiger partial charge on any atom is 0.245 e. The van der Waals surface area contributed by atoms with Crippen LogP contribution in [0.3, 0.4) is 0 Å². The zero-order valence-corrected chi connectivity index (χ0v) is 9.97. The van der Waals surface area contributed by atoms with Crippen molar-refractivity contribution in [3.05, 3.63) is 54.6 Å². The molecule has 2 rings (SSSR count). The summed E-state index contributed by atoms with van der Waals surface area (Å²) in [5.74, 6) is 0. The van der Waals surface area contributed by atoms with E-state index in [1.807, 2.05) is 29.4 Å². The largest absolute Gasteiger partial charge is 1.00 e. The summed E-state index contributed by atoms with van der Waals surface area (Å²) in [7, 11) is 0. The molecule has 0 spiro atoms. The Bertz CT molecular complexity index is 397. The van der Waals surface area contributed by atoms with Gasteiger partial charge >= 0.3 is 0 Å². The molecule has 4 heteroatoms. The van der Waals surface area contributed by atoms with Gasteiger partial charge in [-0.15, -0.1) is 0 Å². The fourth-order valence-corrected chi connectivity index (χ4v) is 1.43. The normalized spacial score (nSPS) is 9.67. The number of hydrogen-bond donors (Lipinski definition) is 1. The molecule has 0 aliphatic rings. The number of nitrogens with zero attached hydrogens (tertiary/aromatic N) is 2. The molecule has 1 aromatic carbocycles. The third kappa shape index (κ3) is 3.18. The third-order valence-corrected chi connectivity index (χ3v) is 2.17. The van der Waals surface area contributed by atoms with Crippen LogP contribution in [0.2, 0.25) is 0 Å². The minimum absolute atomic E-state index is 0. The molecule has 0 saturated carbocycles. The molecule has 15 heavy (non-hydrogen) atoms. The summed E-state index contributed by atoms with van der Waals surface area (Å²) in [6.07, 6.45) is 6.01. The summed E-state index contributed by atoms with van der Waals surface area (Å²) >= 11 is 0. The van der Waals surface area contributed by atoms with Gasteiger partial charge in [0.2, 0.25) is 6.33 Å². The first-order valence-corrected chi connectivity index (χ1v) is 4.67. The predicted octanol–water partition coefficient (Wildman–Crippen LogP) is -2.26. The number of hydrogen-bond acceptors (Lipinski definition) is 1. The summed E-state index contributed by atoms with van der Waals surface area (Å²) < 4.78 is 4.06. The molecular weight excluding hydrogens is 254 g/mol. The van der Waals surface area contributed by atoms with Gasteiger partial charge in [-0.1, -0.05) is 30.3 Å². The van der Waals surface area contributed by atoms with Crippen molar-refractivity contribution >= 4 is 0 Å². The molecular formula is C11H14BrN3. The van der Waals surface area contributed by atoms with Gasteiger partial charge in [0.25, 0.3) is 0 Å². The smallest absolute Gasteiger partial charge is 0.245 e. The van der Waals surface area contributed by atoms with Gasteiger partial charge in [0, 0.05) is 0 Å². The van der Waals surface area contributed by atoms with Crippen molar-refractivity contribution in [1.29, 1.82) is 0 Å². The van der Waals surface area contributed by atoms with Gasteiger partial charge in [-0.05, 0) is 5.56 Å². The minimum atomic E-state index is 0. The molecule has 3 nitrogen and oxygen atoms in total. The highest BCUT2D eigenvalue weighted by atomic mass is 79.9. The molecule has 80 valence electrons. The summed E-state index contributed by atoms with van der Waals surface area (Å²) in [4.78, 5) is 0. The molecule has 0 radical (unpaired) electrons. The van der Waals surface area contributed by atoms with E-state index in [2.05, 4.69) is 28.8 Å². The Morgan fingerprint density at radius 3 is 2.53 bits per heavy atom. The minimum Gasteiger partial charge on any atom is -1.00 e. The van der Waals surface area contributed by atoms with E-state index in [4.69, 9.17) is 5.73 Å². The lowest BCUT2D eigenvalue weighted by Crippen LogP contribution is -3.00. The maximum atomic E-state index is 5.51. The number of aromatic nitrogens is 2. The molecule has 2 aromatic rings. The van der Waals surface area contributed by atoms with Gasteiger partial charge in [-0.3, -0.25) is 5.73 Å². The molecule has 1 aromatic heterocycles. The molecule has 2 N–H and O–H groups in total. The van der Waals surface area contributed by atoms with Crippen LogP contribution in [0.1, 0.15) is 5.56 Å². The topological polar surface area (TPSA) is 34.8 Å². The maximum absolute atomic E-state index is 5.51. The monoisotopic (exact) mass is 267 g/mol. The first-order valence-electron chi connectivity index (χ1n) is 4.67. The van der Waals surface area contributed by atoms with Crippen molar-refractivity contribution < 1.29 is 21.5 Å². The van der Waals surface area contributed by atoms with Crippen LogP contribution < -0.4 is 27.3 Å². The van der Waals surface area contributed by atoms with E-state index >= 15 is 0 Å². The first-order chi connectivity index (χ1) is 6.88. The number of imidazole rings is 1. The molecule has 0 amide bonds. The van der Waals surface area contributed by atoms with Crippen LogP contribution in [0.4, 0.5) is 0 Å².